The van der Waals surface area contributed by atoms with E-state index in [1.165, 1.54) is 63.8 Å². The van der Waals surface area contributed by atoms with Gasteiger partial charge in [-0.25, -0.2) is 0 Å². The molecule has 3 rings (SSSR count). The first-order valence-electron chi connectivity index (χ1n) is 9.81. The second-order valence-corrected chi connectivity index (χ2v) is 8.00. The van der Waals surface area contributed by atoms with Crippen molar-refractivity contribution < 1.29 is 9.47 Å². The summed E-state index contributed by atoms with van der Waals surface area (Å²) in [6, 6.07) is 8.32. The molecule has 2 aliphatic rings. The lowest BCUT2D eigenvalue weighted by Gasteiger charge is -2.46. The van der Waals surface area contributed by atoms with Crippen molar-refractivity contribution in [1.29, 1.82) is 0 Å². The van der Waals surface area contributed by atoms with E-state index in [2.05, 4.69) is 41.5 Å². The molecule has 26 heavy (non-hydrogen) atoms. The Hall–Kier alpha value is -0.810. The Balaban J connectivity index is 0.00000243. The van der Waals surface area contributed by atoms with Crippen LogP contribution in [0.2, 0.25) is 0 Å². The third-order valence-corrected chi connectivity index (χ3v) is 5.93. The maximum absolute atomic E-state index is 6.21. The topological polar surface area (TPSA) is 33.7 Å². The van der Waals surface area contributed by atoms with Crippen LogP contribution >= 0.6 is 12.4 Å². The van der Waals surface area contributed by atoms with Crippen molar-refractivity contribution in [2.75, 3.05) is 46.9 Å². The maximum Gasteiger partial charge on any atom is 0.119 e. The van der Waals surface area contributed by atoms with Gasteiger partial charge in [0.2, 0.25) is 0 Å². The molecular weight excluding hydrogens is 348 g/mol. The third-order valence-electron chi connectivity index (χ3n) is 5.93. The summed E-state index contributed by atoms with van der Waals surface area (Å²) >= 11 is 0. The molecular formula is C21H35ClN2O2. The number of hydrogen-bond donors (Lipinski definition) is 1. The number of ether oxygens (including phenoxy) is 2. The van der Waals surface area contributed by atoms with E-state index < -0.39 is 0 Å². The molecule has 1 aliphatic heterocycles. The number of nitrogens with zero attached hydrogens (tertiary/aromatic N) is 1. The number of piperidine rings is 1. The molecule has 0 aromatic heterocycles. The smallest absolute Gasteiger partial charge is 0.119 e. The van der Waals surface area contributed by atoms with Crippen LogP contribution in [0.3, 0.4) is 0 Å². The third kappa shape index (κ3) is 5.85. The van der Waals surface area contributed by atoms with Gasteiger partial charge in [-0.05, 0) is 76.0 Å². The normalized spacial score (nSPS) is 20.2. The summed E-state index contributed by atoms with van der Waals surface area (Å²) in [5.41, 5.74) is 1.54. The van der Waals surface area contributed by atoms with Gasteiger partial charge in [-0.2, -0.15) is 0 Å². The van der Waals surface area contributed by atoms with Gasteiger partial charge in [0.1, 0.15) is 5.75 Å². The quantitative estimate of drug-likeness (QED) is 0.705. The van der Waals surface area contributed by atoms with Crippen LogP contribution in [0.4, 0.5) is 0 Å². The van der Waals surface area contributed by atoms with Gasteiger partial charge in [0.15, 0.2) is 0 Å². The summed E-state index contributed by atoms with van der Waals surface area (Å²) < 4.78 is 11.4. The highest BCUT2D eigenvalue weighted by Gasteiger charge is 2.40. The van der Waals surface area contributed by atoms with Crippen LogP contribution in [-0.2, 0) is 11.3 Å². The average Bonchev–Trinajstić information content (AvgIpc) is 2.60. The van der Waals surface area contributed by atoms with Crippen LogP contribution < -0.4 is 10.1 Å². The van der Waals surface area contributed by atoms with Crippen LogP contribution in [0.5, 0.6) is 5.75 Å². The summed E-state index contributed by atoms with van der Waals surface area (Å²) in [5.74, 6) is 1.84. The van der Waals surface area contributed by atoms with E-state index in [0.29, 0.717) is 12.0 Å². The number of halogens is 1. The highest BCUT2D eigenvalue weighted by atomic mass is 35.5. The fraction of sp³-hybridized carbons (Fsp3) is 0.714. The molecule has 0 bridgehead atoms. The monoisotopic (exact) mass is 382 g/mol. The van der Waals surface area contributed by atoms with Crippen molar-refractivity contribution in [3.8, 4) is 5.75 Å². The number of methoxy groups -OCH3 is 1. The van der Waals surface area contributed by atoms with Crippen LogP contribution in [0.25, 0.3) is 0 Å². The Kier molecular flexibility index (Phi) is 8.68. The van der Waals surface area contributed by atoms with Gasteiger partial charge < -0.3 is 19.7 Å². The molecule has 148 valence electrons. The minimum Gasteiger partial charge on any atom is -0.493 e. The molecule has 0 unspecified atom stereocenters. The van der Waals surface area contributed by atoms with Crippen molar-refractivity contribution in [2.45, 2.75) is 38.7 Å². The highest BCUT2D eigenvalue weighted by Crippen LogP contribution is 2.42. The molecule has 0 atom stereocenters. The van der Waals surface area contributed by atoms with Gasteiger partial charge in [-0.15, -0.1) is 12.4 Å². The summed E-state index contributed by atoms with van der Waals surface area (Å²) in [7, 11) is 3.80. The zero-order chi connectivity index (χ0) is 17.5. The number of likely N-dealkylation sites (tertiary alicyclic amines) is 1. The van der Waals surface area contributed by atoms with Gasteiger partial charge in [-0.3, -0.25) is 0 Å². The predicted octanol–water partition coefficient (Wildman–Crippen LogP) is 3.74. The summed E-state index contributed by atoms with van der Waals surface area (Å²) in [5, 5.41) is 3.33. The molecule has 5 heteroatoms. The standard InChI is InChI=1S/C21H34N2O2.ClH/c1-22-14-18-7-11-23(12-8-18)16-21(9-4-10-21)17-25-20-6-3-5-19(13-20)15-24-2;/h3,5-6,13,18,22H,4,7-12,14-17H2,1-2H3;1H. The second-order valence-electron chi connectivity index (χ2n) is 8.00. The van der Waals surface area contributed by atoms with Gasteiger partial charge >= 0.3 is 0 Å². The minimum absolute atomic E-state index is 0. The zero-order valence-electron chi connectivity index (χ0n) is 16.3. The number of nitrogens with one attached hydrogen (secondary N) is 1. The number of benzene rings is 1. The number of rotatable bonds is 9. The van der Waals surface area contributed by atoms with Gasteiger partial charge in [0, 0.05) is 19.1 Å². The molecule has 0 radical (unpaired) electrons. The minimum atomic E-state index is 0. The Morgan fingerprint density at radius 1 is 1.23 bits per heavy atom. The Labute approximate surface area is 165 Å². The van der Waals surface area contributed by atoms with E-state index >= 15 is 0 Å². The first-order valence-corrected chi connectivity index (χ1v) is 9.81. The molecule has 0 amide bonds. The van der Waals surface area contributed by atoms with Crippen molar-refractivity contribution in [3.63, 3.8) is 0 Å². The van der Waals surface area contributed by atoms with Crippen molar-refractivity contribution in [1.82, 2.24) is 10.2 Å². The molecule has 1 N–H and O–H groups in total. The first-order chi connectivity index (χ1) is 12.2. The molecule has 1 saturated heterocycles. The molecule has 1 aromatic rings. The average molecular weight is 383 g/mol. The molecule has 2 fully saturated rings. The van der Waals surface area contributed by atoms with E-state index in [4.69, 9.17) is 9.47 Å². The van der Waals surface area contributed by atoms with E-state index in [0.717, 1.165) is 18.3 Å². The summed E-state index contributed by atoms with van der Waals surface area (Å²) in [6.45, 7) is 6.36. The van der Waals surface area contributed by atoms with Gasteiger partial charge in [-0.1, -0.05) is 18.6 Å². The molecule has 0 spiro atoms. The second kappa shape index (κ2) is 10.5. The Bertz CT molecular complexity index is 528. The van der Waals surface area contributed by atoms with Crippen molar-refractivity contribution in [3.05, 3.63) is 29.8 Å². The Morgan fingerprint density at radius 2 is 2.00 bits per heavy atom. The largest absolute Gasteiger partial charge is 0.493 e. The van der Waals surface area contributed by atoms with E-state index in [1.807, 2.05) is 0 Å². The molecule has 1 saturated carbocycles. The molecule has 1 aromatic carbocycles. The van der Waals surface area contributed by atoms with Crippen molar-refractivity contribution >= 4 is 12.4 Å². The van der Waals surface area contributed by atoms with Crippen LogP contribution in [0.1, 0.15) is 37.7 Å². The lowest BCUT2D eigenvalue weighted by molar-refractivity contribution is 0.00765. The van der Waals surface area contributed by atoms with Gasteiger partial charge in [0.25, 0.3) is 0 Å². The zero-order valence-corrected chi connectivity index (χ0v) is 17.2. The first kappa shape index (κ1) is 21.5. The van der Waals surface area contributed by atoms with Crippen LogP contribution in [0, 0.1) is 11.3 Å². The lowest BCUT2D eigenvalue weighted by Crippen LogP contribution is -2.48. The van der Waals surface area contributed by atoms with Crippen LogP contribution in [0.15, 0.2) is 24.3 Å². The SMILES string of the molecule is CNCC1CCN(CC2(COc3cccc(COC)c3)CCC2)CC1.Cl. The summed E-state index contributed by atoms with van der Waals surface area (Å²) in [4.78, 5) is 2.68. The molecule has 1 heterocycles. The predicted molar refractivity (Wildman–Crippen MR) is 109 cm³/mol. The molecule has 1 aliphatic carbocycles. The fourth-order valence-corrected chi connectivity index (χ4v) is 4.26. The maximum atomic E-state index is 6.21. The highest BCUT2D eigenvalue weighted by molar-refractivity contribution is 5.85. The van der Waals surface area contributed by atoms with Crippen molar-refractivity contribution in [2.24, 2.45) is 11.3 Å². The lowest BCUT2D eigenvalue weighted by atomic mass is 9.68. The van der Waals surface area contributed by atoms with E-state index in [1.54, 1.807) is 7.11 Å². The van der Waals surface area contributed by atoms with E-state index in [9.17, 15) is 0 Å². The molecule has 4 nitrogen and oxygen atoms in total. The van der Waals surface area contributed by atoms with E-state index in [-0.39, 0.29) is 12.4 Å². The van der Waals surface area contributed by atoms with Crippen LogP contribution in [-0.4, -0.2) is 51.8 Å². The number of hydrogen-bond acceptors (Lipinski definition) is 4. The fourth-order valence-electron chi connectivity index (χ4n) is 4.26. The van der Waals surface area contributed by atoms with Gasteiger partial charge in [0.05, 0.1) is 13.2 Å². The summed E-state index contributed by atoms with van der Waals surface area (Å²) in [6.07, 6.45) is 6.62. The Morgan fingerprint density at radius 3 is 2.62 bits per heavy atom.